The Balaban J connectivity index is 1.65. The smallest absolute Gasteiger partial charge is 0.267 e. The fraction of sp³-hybridized carbons (Fsp3) is 0.333. The van der Waals surface area contributed by atoms with Crippen molar-refractivity contribution in [1.82, 2.24) is 10.9 Å². The summed E-state index contributed by atoms with van der Waals surface area (Å²) in [6.07, 6.45) is 3.07. The summed E-state index contributed by atoms with van der Waals surface area (Å²) in [6, 6.07) is 6.06. The number of aryl methyl sites for hydroxylation is 2. The van der Waals surface area contributed by atoms with Crippen LogP contribution in [0, 0.1) is 23.0 Å². The molecule has 2 N–H and O–H groups in total. The number of nitro groups is 1. The second kappa shape index (κ2) is 7.25. The molecule has 8 heteroatoms. The van der Waals surface area contributed by atoms with Crippen molar-refractivity contribution in [3.8, 4) is 0 Å². The Bertz CT molecular complexity index is 891. The normalized spacial score (nSPS) is 15.8. The van der Waals surface area contributed by atoms with Gasteiger partial charge in [0.15, 0.2) is 0 Å². The molecular formula is C18H19N3O4S. The summed E-state index contributed by atoms with van der Waals surface area (Å²) in [5, 5.41) is 11.0. The highest BCUT2D eigenvalue weighted by Crippen LogP contribution is 2.32. The number of nitro benzene ring substituents is 1. The van der Waals surface area contributed by atoms with Gasteiger partial charge >= 0.3 is 0 Å². The van der Waals surface area contributed by atoms with Crippen LogP contribution in [0.15, 0.2) is 24.3 Å². The minimum atomic E-state index is -0.601. The number of rotatable bonds is 3. The van der Waals surface area contributed by atoms with Gasteiger partial charge in [0.05, 0.1) is 9.80 Å². The van der Waals surface area contributed by atoms with E-state index >= 15 is 0 Å². The zero-order chi connectivity index (χ0) is 18.8. The molecule has 1 aliphatic carbocycles. The van der Waals surface area contributed by atoms with E-state index in [9.17, 15) is 19.7 Å². The van der Waals surface area contributed by atoms with E-state index in [2.05, 4.69) is 17.8 Å². The Morgan fingerprint density at radius 3 is 2.69 bits per heavy atom. The van der Waals surface area contributed by atoms with Crippen LogP contribution in [0.1, 0.15) is 49.4 Å². The predicted molar refractivity (Wildman–Crippen MR) is 98.3 cm³/mol. The number of carbonyl (C=O) groups excluding carboxylic acids is 2. The Hall–Kier alpha value is -2.74. The molecule has 0 fully saturated rings. The van der Waals surface area contributed by atoms with Gasteiger partial charge < -0.3 is 0 Å². The number of hydrogen-bond acceptors (Lipinski definition) is 5. The summed E-state index contributed by atoms with van der Waals surface area (Å²) in [5.74, 6) is -0.367. The van der Waals surface area contributed by atoms with Gasteiger partial charge in [-0.25, -0.2) is 0 Å². The van der Waals surface area contributed by atoms with Crippen molar-refractivity contribution in [3.63, 3.8) is 0 Å². The van der Waals surface area contributed by atoms with E-state index in [1.54, 1.807) is 6.92 Å². The quantitative estimate of drug-likeness (QED) is 0.637. The molecular weight excluding hydrogens is 354 g/mol. The van der Waals surface area contributed by atoms with Crippen LogP contribution in [0.4, 0.5) is 5.69 Å². The average Bonchev–Trinajstić information content (AvgIpc) is 3.02. The molecule has 7 nitrogen and oxygen atoms in total. The van der Waals surface area contributed by atoms with Crippen molar-refractivity contribution in [2.75, 3.05) is 0 Å². The molecule has 2 amide bonds. The zero-order valence-corrected chi connectivity index (χ0v) is 15.3. The molecule has 0 bridgehead atoms. The lowest BCUT2D eigenvalue weighted by molar-refractivity contribution is -0.385. The highest BCUT2D eigenvalue weighted by Gasteiger charge is 2.21. The molecule has 2 aromatic rings. The lowest BCUT2D eigenvalue weighted by atomic mass is 9.90. The first-order valence-corrected chi connectivity index (χ1v) is 9.14. The molecule has 0 saturated heterocycles. The Labute approximate surface area is 154 Å². The maximum Gasteiger partial charge on any atom is 0.279 e. The van der Waals surface area contributed by atoms with Gasteiger partial charge in [0.2, 0.25) is 0 Å². The molecule has 0 spiro atoms. The number of amides is 2. The second-order valence-electron chi connectivity index (χ2n) is 6.57. The van der Waals surface area contributed by atoms with Gasteiger partial charge in [-0.15, -0.1) is 11.3 Å². The SMILES string of the molecule is Cc1ccc(C(=O)NNC(=O)c2cc3c(s2)CCC(C)C3)cc1[N+](=O)[O-]. The van der Waals surface area contributed by atoms with E-state index in [1.807, 2.05) is 6.07 Å². The molecule has 1 heterocycles. The largest absolute Gasteiger partial charge is 0.279 e. The van der Waals surface area contributed by atoms with Crippen LogP contribution >= 0.6 is 11.3 Å². The van der Waals surface area contributed by atoms with Gasteiger partial charge in [-0.3, -0.25) is 30.6 Å². The fourth-order valence-electron chi connectivity index (χ4n) is 3.01. The van der Waals surface area contributed by atoms with Crippen molar-refractivity contribution in [2.45, 2.75) is 33.1 Å². The monoisotopic (exact) mass is 373 g/mol. The minimum absolute atomic E-state index is 0.113. The molecule has 1 aliphatic rings. The maximum atomic E-state index is 12.3. The number of hydrazine groups is 1. The van der Waals surface area contributed by atoms with Gasteiger partial charge in [-0.1, -0.05) is 13.0 Å². The summed E-state index contributed by atoms with van der Waals surface area (Å²) in [5.41, 5.74) is 6.35. The molecule has 0 radical (unpaired) electrons. The Morgan fingerprint density at radius 2 is 1.96 bits per heavy atom. The number of hydrogen-bond donors (Lipinski definition) is 2. The van der Waals surface area contributed by atoms with E-state index in [4.69, 9.17) is 0 Å². The maximum absolute atomic E-state index is 12.3. The average molecular weight is 373 g/mol. The number of benzene rings is 1. The number of carbonyl (C=O) groups is 2. The van der Waals surface area contributed by atoms with Crippen molar-refractivity contribution >= 4 is 28.8 Å². The van der Waals surface area contributed by atoms with Gasteiger partial charge in [-0.05, 0) is 49.8 Å². The summed E-state index contributed by atoms with van der Waals surface area (Å²) >= 11 is 1.45. The molecule has 1 aromatic heterocycles. The number of nitrogens with one attached hydrogen (secondary N) is 2. The fourth-order valence-corrected chi connectivity index (χ4v) is 4.12. The van der Waals surface area contributed by atoms with E-state index in [0.717, 1.165) is 19.3 Å². The predicted octanol–water partition coefficient (Wildman–Crippen LogP) is 3.16. The topological polar surface area (TPSA) is 101 Å². The van der Waals surface area contributed by atoms with Crippen molar-refractivity contribution in [3.05, 3.63) is 60.8 Å². The first-order valence-electron chi connectivity index (χ1n) is 8.32. The van der Waals surface area contributed by atoms with Gasteiger partial charge in [-0.2, -0.15) is 0 Å². The van der Waals surface area contributed by atoms with Crippen molar-refractivity contribution in [1.29, 1.82) is 0 Å². The summed E-state index contributed by atoms with van der Waals surface area (Å²) in [7, 11) is 0. The second-order valence-corrected chi connectivity index (χ2v) is 7.71. The Kier molecular flexibility index (Phi) is 5.03. The van der Waals surface area contributed by atoms with Crippen LogP contribution in [0.25, 0.3) is 0 Å². The molecule has 0 saturated carbocycles. The number of nitrogens with zero attached hydrogens (tertiary/aromatic N) is 1. The standard InChI is InChI=1S/C18H19N3O4S/c1-10-3-6-15-13(7-10)9-16(26-15)18(23)20-19-17(22)12-5-4-11(2)14(8-12)21(24)25/h4-5,8-10H,3,6-7H2,1-2H3,(H,19,22)(H,20,23). The van der Waals surface area contributed by atoms with Crippen molar-refractivity contribution in [2.24, 2.45) is 5.92 Å². The highest BCUT2D eigenvalue weighted by molar-refractivity contribution is 7.14. The van der Waals surface area contributed by atoms with Crippen molar-refractivity contribution < 1.29 is 14.5 Å². The number of fused-ring (bicyclic) bond motifs is 1. The van der Waals surface area contributed by atoms with E-state index in [-0.39, 0.29) is 17.2 Å². The summed E-state index contributed by atoms with van der Waals surface area (Å²) < 4.78 is 0. The molecule has 26 heavy (non-hydrogen) atoms. The third kappa shape index (κ3) is 3.75. The van der Waals surface area contributed by atoms with Crippen LogP contribution in [-0.4, -0.2) is 16.7 Å². The van der Waals surface area contributed by atoms with E-state index in [1.165, 1.54) is 40.0 Å². The molecule has 0 aliphatic heterocycles. The molecule has 1 aromatic carbocycles. The molecule has 3 rings (SSSR count). The molecule has 1 unspecified atom stereocenters. The van der Waals surface area contributed by atoms with E-state index < -0.39 is 10.8 Å². The van der Waals surface area contributed by atoms with Crippen LogP contribution in [0.2, 0.25) is 0 Å². The lowest BCUT2D eigenvalue weighted by Crippen LogP contribution is -2.41. The lowest BCUT2D eigenvalue weighted by Gasteiger charge is -2.16. The van der Waals surface area contributed by atoms with Gasteiger partial charge in [0, 0.05) is 22.1 Å². The number of thiophene rings is 1. The third-order valence-corrected chi connectivity index (χ3v) is 5.75. The van der Waals surface area contributed by atoms with Gasteiger partial charge in [0.1, 0.15) is 0 Å². The van der Waals surface area contributed by atoms with Gasteiger partial charge in [0.25, 0.3) is 17.5 Å². The van der Waals surface area contributed by atoms with Crippen LogP contribution in [0.5, 0.6) is 0 Å². The Morgan fingerprint density at radius 1 is 1.23 bits per heavy atom. The van der Waals surface area contributed by atoms with E-state index in [0.29, 0.717) is 16.4 Å². The van der Waals surface area contributed by atoms with Crippen LogP contribution < -0.4 is 10.9 Å². The molecule has 1 atom stereocenters. The van der Waals surface area contributed by atoms with Crippen LogP contribution in [-0.2, 0) is 12.8 Å². The summed E-state index contributed by atoms with van der Waals surface area (Å²) in [4.78, 5) is 36.7. The first kappa shape index (κ1) is 18.1. The highest BCUT2D eigenvalue weighted by atomic mass is 32.1. The third-order valence-electron chi connectivity index (χ3n) is 4.51. The first-order chi connectivity index (χ1) is 12.3. The van der Waals surface area contributed by atoms with Crippen LogP contribution in [0.3, 0.4) is 0 Å². The minimum Gasteiger partial charge on any atom is -0.267 e. The molecule has 136 valence electrons. The zero-order valence-electron chi connectivity index (χ0n) is 14.5. The summed E-state index contributed by atoms with van der Waals surface area (Å²) in [6.45, 7) is 3.79.